The van der Waals surface area contributed by atoms with Crippen LogP contribution in [0.15, 0.2) is 97.2 Å². The fourth-order valence-electron chi connectivity index (χ4n) is 5.22. The van der Waals surface area contributed by atoms with E-state index in [-0.39, 0.29) is 12.5 Å². The van der Waals surface area contributed by atoms with Crippen LogP contribution in [0.1, 0.15) is 162 Å². The Kier molecular flexibility index (Phi) is 37.6. The van der Waals surface area contributed by atoms with E-state index in [1.54, 1.807) is 6.08 Å². The van der Waals surface area contributed by atoms with Gasteiger partial charge in [-0.15, -0.1) is 0 Å². The Hall–Kier alpha value is -2.69. The van der Waals surface area contributed by atoms with Gasteiger partial charge in [-0.1, -0.05) is 169 Å². The van der Waals surface area contributed by atoms with Crippen LogP contribution in [0, 0.1) is 0 Å². The number of unbranched alkanes of at least 4 members (excludes halogenated alkanes) is 13. The first kappa shape index (κ1) is 46.3. The minimum absolute atomic E-state index is 0.0920. The van der Waals surface area contributed by atoms with Gasteiger partial charge in [0, 0.05) is 6.42 Å². The standard InChI is InChI=1S/C45H75NO3/c1-3-5-7-9-11-13-15-17-18-19-20-21-22-23-24-25-26-27-28-29-31-33-35-37-39-41-45(49)46-43(42-47)44(48)40-38-36-34-32-30-16-14-12-10-8-6-4-2/h5,7,10-13,17-18,20-21,23-24,30,32,38,40,43-44,47-48H,3-4,6,8-9,14-16,19,22,25-29,31,33-37,39,41-42H2,1-2H3,(H,46,49)/b7-5-,12-10+,13-11-,18-17-,21-20-,24-23-,32-30+,40-38+. The Morgan fingerprint density at radius 1 is 0.510 bits per heavy atom. The number of allylic oxidation sites excluding steroid dienone is 15. The van der Waals surface area contributed by atoms with Crippen LogP contribution in [0.4, 0.5) is 0 Å². The molecule has 278 valence electrons. The molecule has 0 bridgehead atoms. The van der Waals surface area contributed by atoms with E-state index in [9.17, 15) is 15.0 Å². The molecule has 0 aliphatic rings. The molecule has 1 amide bonds. The normalized spacial score (nSPS) is 14.1. The molecule has 4 nitrogen and oxygen atoms in total. The van der Waals surface area contributed by atoms with Gasteiger partial charge in [0.1, 0.15) is 0 Å². The Labute approximate surface area is 303 Å². The molecule has 4 heteroatoms. The maximum absolute atomic E-state index is 12.3. The molecule has 49 heavy (non-hydrogen) atoms. The molecule has 0 aliphatic heterocycles. The average molecular weight is 678 g/mol. The largest absolute Gasteiger partial charge is 0.394 e. The smallest absolute Gasteiger partial charge is 0.220 e. The van der Waals surface area contributed by atoms with Crippen molar-refractivity contribution in [3.05, 3.63) is 97.2 Å². The molecule has 0 fully saturated rings. The minimum Gasteiger partial charge on any atom is -0.394 e. The zero-order valence-corrected chi connectivity index (χ0v) is 31.7. The molecular formula is C45H75NO3. The van der Waals surface area contributed by atoms with E-state index >= 15 is 0 Å². The Balaban J connectivity index is 3.67. The topological polar surface area (TPSA) is 69.6 Å². The van der Waals surface area contributed by atoms with E-state index in [2.05, 4.69) is 104 Å². The first-order valence-electron chi connectivity index (χ1n) is 20.0. The van der Waals surface area contributed by atoms with Gasteiger partial charge in [0.2, 0.25) is 5.91 Å². The van der Waals surface area contributed by atoms with Gasteiger partial charge in [-0.2, -0.15) is 0 Å². The van der Waals surface area contributed by atoms with Crippen molar-refractivity contribution in [3.63, 3.8) is 0 Å². The van der Waals surface area contributed by atoms with Crippen LogP contribution in [0.3, 0.4) is 0 Å². The Morgan fingerprint density at radius 3 is 1.43 bits per heavy atom. The van der Waals surface area contributed by atoms with Crippen LogP contribution < -0.4 is 5.32 Å². The molecule has 0 saturated heterocycles. The summed E-state index contributed by atoms with van der Waals surface area (Å²) in [6.07, 6.45) is 59.3. The summed E-state index contributed by atoms with van der Waals surface area (Å²) < 4.78 is 0. The van der Waals surface area contributed by atoms with Crippen molar-refractivity contribution in [1.82, 2.24) is 5.32 Å². The Morgan fingerprint density at radius 2 is 0.918 bits per heavy atom. The van der Waals surface area contributed by atoms with Crippen molar-refractivity contribution in [3.8, 4) is 0 Å². The highest BCUT2D eigenvalue weighted by Crippen LogP contribution is 2.12. The summed E-state index contributed by atoms with van der Waals surface area (Å²) in [6, 6.07) is -0.653. The predicted molar refractivity (Wildman–Crippen MR) is 216 cm³/mol. The third kappa shape index (κ3) is 36.4. The van der Waals surface area contributed by atoms with Crippen molar-refractivity contribution in [2.24, 2.45) is 0 Å². The van der Waals surface area contributed by atoms with E-state index in [1.165, 1.54) is 64.2 Å². The minimum atomic E-state index is -0.877. The number of carbonyl (C=O) groups is 1. The molecule has 0 aromatic heterocycles. The van der Waals surface area contributed by atoms with Crippen LogP contribution in [-0.4, -0.2) is 34.9 Å². The zero-order valence-electron chi connectivity index (χ0n) is 31.7. The van der Waals surface area contributed by atoms with Crippen molar-refractivity contribution < 1.29 is 15.0 Å². The first-order chi connectivity index (χ1) is 24.2. The summed E-state index contributed by atoms with van der Waals surface area (Å²) >= 11 is 0. The molecule has 0 heterocycles. The maximum Gasteiger partial charge on any atom is 0.220 e. The molecule has 2 atom stereocenters. The molecule has 0 aromatic carbocycles. The van der Waals surface area contributed by atoms with Gasteiger partial charge in [-0.05, 0) is 83.5 Å². The van der Waals surface area contributed by atoms with E-state index < -0.39 is 12.1 Å². The lowest BCUT2D eigenvalue weighted by molar-refractivity contribution is -0.123. The number of hydrogen-bond acceptors (Lipinski definition) is 3. The predicted octanol–water partition coefficient (Wildman–Crippen LogP) is 12.3. The zero-order chi connectivity index (χ0) is 35.7. The molecule has 0 radical (unpaired) electrons. The van der Waals surface area contributed by atoms with Crippen LogP contribution >= 0.6 is 0 Å². The van der Waals surface area contributed by atoms with Gasteiger partial charge in [-0.25, -0.2) is 0 Å². The van der Waals surface area contributed by atoms with Gasteiger partial charge in [0.05, 0.1) is 18.8 Å². The van der Waals surface area contributed by atoms with Crippen LogP contribution in [-0.2, 0) is 4.79 Å². The average Bonchev–Trinajstić information content (AvgIpc) is 3.10. The third-order valence-electron chi connectivity index (χ3n) is 8.28. The summed E-state index contributed by atoms with van der Waals surface area (Å²) in [6.45, 7) is 4.10. The number of carbonyl (C=O) groups excluding carboxylic acids is 1. The number of aliphatic hydroxyl groups excluding tert-OH is 2. The van der Waals surface area contributed by atoms with E-state index in [1.807, 2.05) is 6.08 Å². The van der Waals surface area contributed by atoms with Gasteiger partial charge < -0.3 is 15.5 Å². The maximum atomic E-state index is 12.3. The molecular weight excluding hydrogens is 602 g/mol. The van der Waals surface area contributed by atoms with E-state index in [4.69, 9.17) is 0 Å². The van der Waals surface area contributed by atoms with Crippen LogP contribution in [0.2, 0.25) is 0 Å². The molecule has 0 rings (SSSR count). The Bertz CT molecular complexity index is 952. The lowest BCUT2D eigenvalue weighted by Crippen LogP contribution is -2.45. The number of aliphatic hydroxyl groups is 2. The monoisotopic (exact) mass is 678 g/mol. The molecule has 0 aliphatic carbocycles. The summed E-state index contributed by atoms with van der Waals surface area (Å²) in [5.74, 6) is -0.0920. The summed E-state index contributed by atoms with van der Waals surface area (Å²) in [5.41, 5.74) is 0. The lowest BCUT2D eigenvalue weighted by Gasteiger charge is -2.19. The number of amides is 1. The van der Waals surface area contributed by atoms with Gasteiger partial charge in [0.25, 0.3) is 0 Å². The van der Waals surface area contributed by atoms with Crippen molar-refractivity contribution in [2.45, 2.75) is 174 Å². The molecule has 3 N–H and O–H groups in total. The van der Waals surface area contributed by atoms with Crippen molar-refractivity contribution in [2.75, 3.05) is 6.61 Å². The van der Waals surface area contributed by atoms with E-state index in [0.29, 0.717) is 6.42 Å². The second kappa shape index (κ2) is 39.7. The van der Waals surface area contributed by atoms with Gasteiger partial charge in [0.15, 0.2) is 0 Å². The molecule has 2 unspecified atom stereocenters. The lowest BCUT2D eigenvalue weighted by atomic mass is 10.1. The fraction of sp³-hybridized carbons (Fsp3) is 0.622. The summed E-state index contributed by atoms with van der Waals surface area (Å²) in [5, 5.41) is 22.9. The fourth-order valence-corrected chi connectivity index (χ4v) is 5.22. The molecule has 0 aromatic rings. The number of hydrogen-bond donors (Lipinski definition) is 3. The summed E-state index contributed by atoms with van der Waals surface area (Å²) in [4.78, 5) is 12.3. The molecule has 0 saturated carbocycles. The van der Waals surface area contributed by atoms with Crippen LogP contribution in [0.25, 0.3) is 0 Å². The third-order valence-corrected chi connectivity index (χ3v) is 8.28. The van der Waals surface area contributed by atoms with Crippen molar-refractivity contribution >= 4 is 5.91 Å². The highest BCUT2D eigenvalue weighted by Gasteiger charge is 2.17. The van der Waals surface area contributed by atoms with Crippen molar-refractivity contribution in [1.29, 1.82) is 0 Å². The molecule has 0 spiro atoms. The highest BCUT2D eigenvalue weighted by molar-refractivity contribution is 5.76. The second-order valence-electron chi connectivity index (χ2n) is 12.9. The second-order valence-corrected chi connectivity index (χ2v) is 12.9. The van der Waals surface area contributed by atoms with E-state index in [0.717, 1.165) is 77.0 Å². The van der Waals surface area contributed by atoms with Gasteiger partial charge >= 0.3 is 0 Å². The highest BCUT2D eigenvalue weighted by atomic mass is 16.3. The van der Waals surface area contributed by atoms with Crippen LogP contribution in [0.5, 0.6) is 0 Å². The SMILES string of the molecule is CC/C=C\C/C=C\C/C=C\C/C=C\C/C=C\CCCCCCCCCCCC(=O)NC(CO)C(O)/C=C/CC/C=C/CC/C=C/CCCC. The number of rotatable bonds is 34. The quantitative estimate of drug-likeness (QED) is 0.0469. The number of nitrogens with one attached hydrogen (secondary N) is 1. The van der Waals surface area contributed by atoms with Gasteiger partial charge in [-0.3, -0.25) is 4.79 Å². The first-order valence-corrected chi connectivity index (χ1v) is 20.0. The summed E-state index contributed by atoms with van der Waals surface area (Å²) in [7, 11) is 0.